The van der Waals surface area contributed by atoms with Crippen LogP contribution in [0.2, 0.25) is 0 Å². The summed E-state index contributed by atoms with van der Waals surface area (Å²) in [6.45, 7) is 15.2. The zero-order chi connectivity index (χ0) is 26.2. The van der Waals surface area contributed by atoms with E-state index < -0.39 is 0 Å². The molecule has 2 heterocycles. The zero-order valence-electron chi connectivity index (χ0n) is 22.8. The Kier molecular flexibility index (Phi) is 9.69. The third kappa shape index (κ3) is 7.17. The van der Waals surface area contributed by atoms with Crippen molar-refractivity contribution < 1.29 is 4.79 Å². The van der Waals surface area contributed by atoms with Crippen LogP contribution in [-0.2, 0) is 11.3 Å². The largest absolute Gasteiger partial charge is 0.354 e. The molecule has 7 heteroatoms. The number of hydrogen-bond acceptors (Lipinski definition) is 5. The number of nitrogens with zero attached hydrogens (tertiary/aromatic N) is 5. The number of thioether (sulfide) groups is 1. The lowest BCUT2D eigenvalue weighted by Crippen LogP contribution is -2.47. The van der Waals surface area contributed by atoms with E-state index in [0.29, 0.717) is 18.2 Å². The molecule has 2 aromatic carbocycles. The summed E-state index contributed by atoms with van der Waals surface area (Å²) in [4.78, 5) is 21.7. The van der Waals surface area contributed by atoms with E-state index >= 15 is 0 Å². The fourth-order valence-electron chi connectivity index (χ4n) is 4.73. The Morgan fingerprint density at radius 2 is 1.65 bits per heavy atom. The topological polar surface area (TPSA) is 44.6 Å². The van der Waals surface area contributed by atoms with Gasteiger partial charge in [-0.05, 0) is 50.1 Å². The minimum absolute atomic E-state index is 0.183. The van der Waals surface area contributed by atoms with Crippen molar-refractivity contribution in [2.75, 3.05) is 49.9 Å². The Hall–Kier alpha value is -2.77. The molecule has 0 N–H and O–H groups in total. The second-order valence-electron chi connectivity index (χ2n) is 10.2. The first-order chi connectivity index (χ1) is 18.0. The number of para-hydroxylation sites is 1. The molecular weight excluding hydrogens is 478 g/mol. The molecule has 1 aromatic heterocycles. The SMILES string of the molecule is CCN1CCN(c2c(CN(CCC(C)C)C(=O)CSc3ccccc3)c(C)nn2-c2ccccc2)CC1. The van der Waals surface area contributed by atoms with Gasteiger partial charge in [0.25, 0.3) is 0 Å². The van der Waals surface area contributed by atoms with E-state index in [-0.39, 0.29) is 5.91 Å². The van der Waals surface area contributed by atoms with Crippen LogP contribution >= 0.6 is 11.8 Å². The van der Waals surface area contributed by atoms with Crippen molar-refractivity contribution in [1.82, 2.24) is 19.6 Å². The summed E-state index contributed by atoms with van der Waals surface area (Å²) >= 11 is 1.61. The van der Waals surface area contributed by atoms with E-state index in [4.69, 9.17) is 5.10 Å². The molecule has 3 aromatic rings. The second-order valence-corrected chi connectivity index (χ2v) is 11.2. The van der Waals surface area contributed by atoms with Gasteiger partial charge in [0.15, 0.2) is 0 Å². The maximum Gasteiger partial charge on any atom is 0.233 e. The van der Waals surface area contributed by atoms with Gasteiger partial charge in [0.2, 0.25) is 5.91 Å². The molecule has 0 spiro atoms. The first-order valence-corrected chi connectivity index (χ1v) is 14.5. The standard InChI is InChI=1S/C30H41N5OS/c1-5-32-18-20-33(21-19-32)30-28(25(4)31-35(30)26-12-8-6-9-13-26)22-34(17-16-24(2)3)29(36)23-37-27-14-10-7-11-15-27/h6-15,24H,5,16-23H2,1-4H3. The Labute approximate surface area is 226 Å². The molecule has 6 nitrogen and oxygen atoms in total. The number of aromatic nitrogens is 2. The molecule has 0 radical (unpaired) electrons. The van der Waals surface area contributed by atoms with Crippen LogP contribution in [0, 0.1) is 12.8 Å². The number of benzene rings is 2. The molecular formula is C30H41N5OS. The van der Waals surface area contributed by atoms with Crippen LogP contribution in [-0.4, -0.2) is 70.5 Å². The zero-order valence-corrected chi connectivity index (χ0v) is 23.6. The highest BCUT2D eigenvalue weighted by atomic mass is 32.2. The Morgan fingerprint density at radius 1 is 1.00 bits per heavy atom. The maximum absolute atomic E-state index is 13.5. The predicted molar refractivity (Wildman–Crippen MR) is 155 cm³/mol. The van der Waals surface area contributed by atoms with Gasteiger partial charge in [-0.1, -0.05) is 57.2 Å². The van der Waals surface area contributed by atoms with Gasteiger partial charge in [0.1, 0.15) is 5.82 Å². The number of carbonyl (C=O) groups excluding carboxylic acids is 1. The minimum Gasteiger partial charge on any atom is -0.354 e. The van der Waals surface area contributed by atoms with Gasteiger partial charge in [0.05, 0.1) is 23.7 Å². The van der Waals surface area contributed by atoms with Gasteiger partial charge >= 0.3 is 0 Å². The third-order valence-corrected chi connectivity index (χ3v) is 8.06. The summed E-state index contributed by atoms with van der Waals surface area (Å²) < 4.78 is 2.09. The highest BCUT2D eigenvalue weighted by Gasteiger charge is 2.27. The molecule has 4 rings (SSSR count). The number of piperazine rings is 1. The molecule has 0 aliphatic carbocycles. The number of rotatable bonds is 11. The van der Waals surface area contributed by atoms with Gasteiger partial charge in [-0.2, -0.15) is 5.10 Å². The van der Waals surface area contributed by atoms with Crippen LogP contribution in [0.4, 0.5) is 5.82 Å². The second kappa shape index (κ2) is 13.2. The van der Waals surface area contributed by atoms with Crippen LogP contribution in [0.3, 0.4) is 0 Å². The molecule has 1 aliphatic heterocycles. The number of aryl methyl sites for hydroxylation is 1. The average Bonchev–Trinajstić information content (AvgIpc) is 3.26. The summed E-state index contributed by atoms with van der Waals surface area (Å²) in [5, 5.41) is 5.01. The van der Waals surface area contributed by atoms with Crippen LogP contribution in [0.15, 0.2) is 65.6 Å². The van der Waals surface area contributed by atoms with Crippen molar-refractivity contribution in [2.45, 2.75) is 45.6 Å². The molecule has 1 amide bonds. The number of anilines is 1. The summed E-state index contributed by atoms with van der Waals surface area (Å²) in [5.41, 5.74) is 3.22. The summed E-state index contributed by atoms with van der Waals surface area (Å²) in [6, 6.07) is 20.6. The van der Waals surface area contributed by atoms with Gasteiger partial charge in [-0.25, -0.2) is 4.68 Å². The van der Waals surface area contributed by atoms with Crippen molar-refractivity contribution in [1.29, 1.82) is 0 Å². The molecule has 198 valence electrons. The van der Waals surface area contributed by atoms with Gasteiger partial charge in [-0.3, -0.25) is 4.79 Å². The molecule has 0 bridgehead atoms. The van der Waals surface area contributed by atoms with Crippen molar-refractivity contribution in [3.8, 4) is 5.69 Å². The van der Waals surface area contributed by atoms with Gasteiger partial charge in [-0.15, -0.1) is 11.8 Å². The summed E-state index contributed by atoms with van der Waals surface area (Å²) in [5.74, 6) is 2.30. The monoisotopic (exact) mass is 519 g/mol. The van der Waals surface area contributed by atoms with Crippen molar-refractivity contribution >= 4 is 23.5 Å². The number of amides is 1. The predicted octanol–water partition coefficient (Wildman–Crippen LogP) is 5.49. The lowest BCUT2D eigenvalue weighted by Gasteiger charge is -2.36. The number of hydrogen-bond donors (Lipinski definition) is 0. The lowest BCUT2D eigenvalue weighted by molar-refractivity contribution is -0.129. The normalized spacial score (nSPS) is 14.4. The van der Waals surface area contributed by atoms with Crippen LogP contribution in [0.1, 0.15) is 38.4 Å². The fourth-order valence-corrected chi connectivity index (χ4v) is 5.55. The van der Waals surface area contributed by atoms with Crippen molar-refractivity contribution in [2.24, 2.45) is 5.92 Å². The van der Waals surface area contributed by atoms with Crippen LogP contribution in [0.25, 0.3) is 5.69 Å². The van der Waals surface area contributed by atoms with E-state index in [2.05, 4.69) is 83.5 Å². The van der Waals surface area contributed by atoms with Crippen molar-refractivity contribution in [3.63, 3.8) is 0 Å². The minimum atomic E-state index is 0.183. The molecule has 0 atom stereocenters. The first-order valence-electron chi connectivity index (χ1n) is 13.5. The lowest BCUT2D eigenvalue weighted by atomic mass is 10.1. The quantitative estimate of drug-likeness (QED) is 0.314. The summed E-state index contributed by atoms with van der Waals surface area (Å²) in [7, 11) is 0. The van der Waals surface area contributed by atoms with Gasteiger partial charge in [0, 0.05) is 43.2 Å². The molecule has 0 saturated carbocycles. The maximum atomic E-state index is 13.5. The van der Waals surface area contributed by atoms with Crippen molar-refractivity contribution in [3.05, 3.63) is 71.9 Å². The smallest absolute Gasteiger partial charge is 0.233 e. The van der Waals surface area contributed by atoms with E-state index in [1.807, 2.05) is 24.3 Å². The summed E-state index contributed by atoms with van der Waals surface area (Å²) in [6.07, 6.45) is 0.984. The highest BCUT2D eigenvalue weighted by Crippen LogP contribution is 2.30. The third-order valence-electron chi connectivity index (χ3n) is 7.06. The number of likely N-dealkylation sites (N-methyl/N-ethyl adjacent to an activating group) is 1. The van der Waals surface area contributed by atoms with Crippen LogP contribution in [0.5, 0.6) is 0 Å². The van der Waals surface area contributed by atoms with Crippen LogP contribution < -0.4 is 4.90 Å². The van der Waals surface area contributed by atoms with E-state index in [1.54, 1.807) is 11.8 Å². The first kappa shape index (κ1) is 27.3. The fraction of sp³-hybridized carbons (Fsp3) is 0.467. The molecule has 37 heavy (non-hydrogen) atoms. The highest BCUT2D eigenvalue weighted by molar-refractivity contribution is 8.00. The Balaban J connectivity index is 1.63. The molecule has 1 fully saturated rings. The van der Waals surface area contributed by atoms with E-state index in [1.165, 1.54) is 0 Å². The average molecular weight is 520 g/mol. The molecule has 0 unspecified atom stereocenters. The van der Waals surface area contributed by atoms with E-state index in [0.717, 1.165) is 73.3 Å². The van der Waals surface area contributed by atoms with E-state index in [9.17, 15) is 4.79 Å². The number of carbonyl (C=O) groups is 1. The Morgan fingerprint density at radius 3 is 2.27 bits per heavy atom. The molecule has 1 saturated heterocycles. The Bertz CT molecular complexity index is 1120. The van der Waals surface area contributed by atoms with Gasteiger partial charge < -0.3 is 14.7 Å². The molecule has 1 aliphatic rings.